The highest BCUT2D eigenvalue weighted by Gasteiger charge is 2.31. The third-order valence-electron chi connectivity index (χ3n) is 6.42. The lowest BCUT2D eigenvalue weighted by atomic mass is 10.0. The van der Waals surface area contributed by atoms with Crippen LogP contribution in [0.1, 0.15) is 15.9 Å². The Balaban J connectivity index is 1.40. The van der Waals surface area contributed by atoms with Crippen LogP contribution in [0.3, 0.4) is 0 Å². The number of benzene rings is 3. The average Bonchev–Trinajstić information content (AvgIpc) is 2.94. The SMILES string of the molecule is CN(C(=O)[C@H](Cc1ccccc1)NC(=O)CN1CCN(C(=O)c2ccccc2)CC1=O)c1ccc(Cl)cc1. The van der Waals surface area contributed by atoms with Crippen LogP contribution in [0, 0.1) is 0 Å². The molecule has 196 valence electrons. The minimum atomic E-state index is -0.846. The molecular formula is C29H29ClN4O4. The van der Waals surface area contributed by atoms with E-state index in [9.17, 15) is 19.2 Å². The van der Waals surface area contributed by atoms with Gasteiger partial charge in [0, 0.05) is 42.8 Å². The smallest absolute Gasteiger partial charge is 0.254 e. The van der Waals surface area contributed by atoms with Gasteiger partial charge in [0.15, 0.2) is 0 Å². The third-order valence-corrected chi connectivity index (χ3v) is 6.67. The number of nitrogens with one attached hydrogen (secondary N) is 1. The molecule has 1 N–H and O–H groups in total. The molecular weight excluding hydrogens is 504 g/mol. The fourth-order valence-corrected chi connectivity index (χ4v) is 4.43. The van der Waals surface area contributed by atoms with Gasteiger partial charge in [0.1, 0.15) is 12.6 Å². The van der Waals surface area contributed by atoms with Gasteiger partial charge in [0.05, 0.1) is 6.54 Å². The van der Waals surface area contributed by atoms with E-state index >= 15 is 0 Å². The van der Waals surface area contributed by atoms with E-state index < -0.39 is 11.9 Å². The standard InChI is InChI=1S/C29H29ClN4O4/c1-32(24-14-12-23(30)13-15-24)29(38)25(18-21-8-4-2-5-9-21)31-26(35)19-33-16-17-34(20-27(33)36)28(37)22-10-6-3-7-11-22/h2-15,25H,16-20H2,1H3,(H,31,35)/t25-/m0/s1. The van der Waals surface area contributed by atoms with E-state index in [4.69, 9.17) is 11.6 Å². The molecule has 0 radical (unpaired) electrons. The lowest BCUT2D eigenvalue weighted by Gasteiger charge is -2.34. The number of hydrogen-bond acceptors (Lipinski definition) is 4. The Morgan fingerprint density at radius 2 is 1.55 bits per heavy atom. The van der Waals surface area contributed by atoms with Gasteiger partial charge in [0.25, 0.3) is 5.91 Å². The fourth-order valence-electron chi connectivity index (χ4n) is 4.30. The number of piperazine rings is 1. The Morgan fingerprint density at radius 3 is 2.18 bits per heavy atom. The Hall–Kier alpha value is -4.17. The van der Waals surface area contributed by atoms with Gasteiger partial charge >= 0.3 is 0 Å². The van der Waals surface area contributed by atoms with Crippen molar-refractivity contribution >= 4 is 40.9 Å². The van der Waals surface area contributed by atoms with Crippen molar-refractivity contribution in [2.75, 3.05) is 38.1 Å². The van der Waals surface area contributed by atoms with Crippen LogP contribution < -0.4 is 10.2 Å². The number of halogens is 1. The molecule has 0 spiro atoms. The number of carbonyl (C=O) groups excluding carboxylic acids is 4. The number of hydrogen-bond donors (Lipinski definition) is 1. The molecule has 1 aliphatic rings. The zero-order valence-corrected chi connectivity index (χ0v) is 21.8. The highest BCUT2D eigenvalue weighted by molar-refractivity contribution is 6.30. The first-order chi connectivity index (χ1) is 18.3. The second-order valence-corrected chi connectivity index (χ2v) is 9.53. The van der Waals surface area contributed by atoms with Gasteiger partial charge in [-0.25, -0.2) is 0 Å². The fraction of sp³-hybridized carbons (Fsp3) is 0.241. The van der Waals surface area contributed by atoms with Gasteiger partial charge in [0.2, 0.25) is 17.7 Å². The predicted octanol–water partition coefficient (Wildman–Crippen LogP) is 3.01. The lowest BCUT2D eigenvalue weighted by molar-refractivity contribution is -0.139. The van der Waals surface area contributed by atoms with Gasteiger partial charge in [-0.15, -0.1) is 0 Å². The first kappa shape index (κ1) is 26.9. The maximum atomic E-state index is 13.4. The summed E-state index contributed by atoms with van der Waals surface area (Å²) in [6.45, 7) is 0.243. The number of carbonyl (C=O) groups is 4. The van der Waals surface area contributed by atoms with Crippen molar-refractivity contribution in [2.24, 2.45) is 0 Å². The summed E-state index contributed by atoms with van der Waals surface area (Å²) >= 11 is 5.98. The number of likely N-dealkylation sites (N-methyl/N-ethyl adjacent to an activating group) is 1. The van der Waals surface area contributed by atoms with Crippen molar-refractivity contribution in [1.82, 2.24) is 15.1 Å². The molecule has 9 heteroatoms. The Labute approximate surface area is 226 Å². The first-order valence-electron chi connectivity index (χ1n) is 12.3. The summed E-state index contributed by atoms with van der Waals surface area (Å²) < 4.78 is 0. The van der Waals surface area contributed by atoms with Crippen LogP contribution in [0.4, 0.5) is 5.69 Å². The zero-order chi connectivity index (χ0) is 27.1. The Kier molecular flexibility index (Phi) is 8.76. The first-order valence-corrected chi connectivity index (χ1v) is 12.7. The van der Waals surface area contributed by atoms with Crippen molar-refractivity contribution in [3.8, 4) is 0 Å². The molecule has 1 aliphatic heterocycles. The van der Waals surface area contributed by atoms with Crippen LogP contribution in [0.2, 0.25) is 5.02 Å². The summed E-state index contributed by atoms with van der Waals surface area (Å²) in [6, 6.07) is 24.2. The minimum Gasteiger partial charge on any atom is -0.342 e. The van der Waals surface area contributed by atoms with E-state index in [0.717, 1.165) is 5.56 Å². The average molecular weight is 533 g/mol. The van der Waals surface area contributed by atoms with Crippen molar-refractivity contribution in [1.29, 1.82) is 0 Å². The highest BCUT2D eigenvalue weighted by Crippen LogP contribution is 2.18. The van der Waals surface area contributed by atoms with Crippen molar-refractivity contribution in [2.45, 2.75) is 12.5 Å². The van der Waals surface area contributed by atoms with E-state index in [-0.39, 0.29) is 43.8 Å². The third kappa shape index (κ3) is 6.77. The molecule has 4 amide bonds. The molecule has 1 atom stereocenters. The molecule has 3 aromatic rings. The topological polar surface area (TPSA) is 90.0 Å². The van der Waals surface area contributed by atoms with Gasteiger partial charge in [-0.2, -0.15) is 0 Å². The van der Waals surface area contributed by atoms with E-state index in [1.807, 2.05) is 36.4 Å². The summed E-state index contributed by atoms with van der Waals surface area (Å²) in [6.07, 6.45) is 0.288. The highest BCUT2D eigenvalue weighted by atomic mass is 35.5. The summed E-state index contributed by atoms with van der Waals surface area (Å²) in [7, 11) is 1.64. The quantitative estimate of drug-likeness (QED) is 0.483. The summed E-state index contributed by atoms with van der Waals surface area (Å²) in [5, 5.41) is 3.38. The molecule has 1 saturated heterocycles. The van der Waals surface area contributed by atoms with E-state index in [2.05, 4.69) is 5.32 Å². The Bertz CT molecular complexity index is 1280. The molecule has 1 fully saturated rings. The second-order valence-electron chi connectivity index (χ2n) is 9.09. The van der Waals surface area contributed by atoms with Crippen molar-refractivity contribution in [3.05, 3.63) is 101 Å². The largest absolute Gasteiger partial charge is 0.342 e. The number of nitrogens with zero attached hydrogens (tertiary/aromatic N) is 3. The monoisotopic (exact) mass is 532 g/mol. The lowest BCUT2D eigenvalue weighted by Crippen LogP contribution is -2.56. The van der Waals surface area contributed by atoms with Crippen molar-refractivity contribution in [3.63, 3.8) is 0 Å². The Morgan fingerprint density at radius 1 is 0.921 bits per heavy atom. The second kappa shape index (κ2) is 12.4. The van der Waals surface area contributed by atoms with Gasteiger partial charge in [-0.1, -0.05) is 60.1 Å². The maximum Gasteiger partial charge on any atom is 0.254 e. The molecule has 3 aromatic carbocycles. The normalized spacial score (nSPS) is 14.1. The molecule has 4 rings (SSSR count). The zero-order valence-electron chi connectivity index (χ0n) is 21.0. The van der Waals surface area contributed by atoms with E-state index in [1.54, 1.807) is 55.6 Å². The van der Waals surface area contributed by atoms with Crippen molar-refractivity contribution < 1.29 is 19.2 Å². The molecule has 0 saturated carbocycles. The van der Waals surface area contributed by atoms with E-state index in [0.29, 0.717) is 22.8 Å². The van der Waals surface area contributed by atoms with Gasteiger partial charge < -0.3 is 20.0 Å². The van der Waals surface area contributed by atoms with Crippen LogP contribution in [0.25, 0.3) is 0 Å². The molecule has 8 nitrogen and oxygen atoms in total. The predicted molar refractivity (Wildman–Crippen MR) is 146 cm³/mol. The van der Waals surface area contributed by atoms with Crippen LogP contribution in [-0.4, -0.2) is 72.7 Å². The van der Waals surface area contributed by atoms with Crippen LogP contribution >= 0.6 is 11.6 Å². The number of amides is 4. The molecule has 38 heavy (non-hydrogen) atoms. The molecule has 0 aliphatic carbocycles. The summed E-state index contributed by atoms with van der Waals surface area (Å²) in [4.78, 5) is 56.3. The van der Waals surface area contributed by atoms with Gasteiger partial charge in [-0.05, 0) is 42.0 Å². The van der Waals surface area contributed by atoms with E-state index in [1.165, 1.54) is 14.7 Å². The number of rotatable bonds is 8. The maximum absolute atomic E-state index is 13.4. The number of anilines is 1. The van der Waals surface area contributed by atoms with Crippen LogP contribution in [-0.2, 0) is 20.8 Å². The molecule has 0 unspecified atom stereocenters. The van der Waals surface area contributed by atoms with Crippen LogP contribution in [0.5, 0.6) is 0 Å². The summed E-state index contributed by atoms with van der Waals surface area (Å²) in [5.74, 6) is -1.28. The molecule has 1 heterocycles. The molecule has 0 bridgehead atoms. The summed E-state index contributed by atoms with van der Waals surface area (Å²) in [5.41, 5.74) is 2.04. The van der Waals surface area contributed by atoms with Crippen LogP contribution in [0.15, 0.2) is 84.9 Å². The van der Waals surface area contributed by atoms with Gasteiger partial charge in [-0.3, -0.25) is 19.2 Å². The minimum absolute atomic E-state index is 0.104. The molecule has 0 aromatic heterocycles.